The van der Waals surface area contributed by atoms with Crippen molar-refractivity contribution in [3.63, 3.8) is 0 Å². The lowest BCUT2D eigenvalue weighted by molar-refractivity contribution is 0.0694. The summed E-state index contributed by atoms with van der Waals surface area (Å²) in [7, 11) is 0. The minimum Gasteiger partial charge on any atom is -0.490 e. The largest absolute Gasteiger partial charge is 0.490 e. The van der Waals surface area contributed by atoms with E-state index in [1.807, 2.05) is 0 Å². The van der Waals surface area contributed by atoms with Crippen molar-refractivity contribution in [2.24, 2.45) is 0 Å². The molecule has 0 atom stereocenters. The van der Waals surface area contributed by atoms with Crippen molar-refractivity contribution in [1.29, 1.82) is 0 Å². The number of nitrogens with one attached hydrogen (secondary N) is 1. The number of halogens is 2. The van der Waals surface area contributed by atoms with Crippen LogP contribution in [0.15, 0.2) is 42.7 Å². The fourth-order valence-electron chi connectivity index (χ4n) is 3.19. The molecule has 1 aliphatic rings. The molecule has 1 aliphatic carbocycles. The molecule has 0 saturated heterocycles. The summed E-state index contributed by atoms with van der Waals surface area (Å²) in [5, 5.41) is 12.2. The molecular formula is C19H17F2N3O3. The summed E-state index contributed by atoms with van der Waals surface area (Å²) >= 11 is 0. The van der Waals surface area contributed by atoms with Crippen LogP contribution in [-0.4, -0.2) is 32.5 Å². The normalized spacial score (nSPS) is 18.9. The van der Waals surface area contributed by atoms with E-state index in [-0.39, 0.29) is 30.4 Å². The van der Waals surface area contributed by atoms with Gasteiger partial charge in [0, 0.05) is 48.8 Å². The average molecular weight is 373 g/mol. The number of rotatable bonds is 5. The number of aromatic nitrogens is 2. The monoisotopic (exact) mass is 373 g/mol. The Hall–Kier alpha value is -3.00. The van der Waals surface area contributed by atoms with Crippen LogP contribution in [0.5, 0.6) is 5.75 Å². The lowest BCUT2D eigenvalue weighted by Gasteiger charge is -2.35. The standard InChI is InChI=1S/C19H17F2N3O3/c20-12-4-13(21)6-15(5-12)27-16-7-14(8-16)23-19(26)17-9-22-18-11(10-25)2-1-3-24(17)18/h1-6,9,14,16,25H,7-8,10H2,(H,23,26). The molecule has 1 fully saturated rings. The van der Waals surface area contributed by atoms with Gasteiger partial charge in [-0.1, -0.05) is 6.07 Å². The van der Waals surface area contributed by atoms with Crippen LogP contribution >= 0.6 is 0 Å². The minimum atomic E-state index is -0.691. The fourth-order valence-corrected chi connectivity index (χ4v) is 3.19. The Bertz CT molecular complexity index is 979. The second-order valence-electron chi connectivity index (χ2n) is 6.52. The summed E-state index contributed by atoms with van der Waals surface area (Å²) in [5.74, 6) is -1.52. The lowest BCUT2D eigenvalue weighted by atomic mass is 9.89. The lowest BCUT2D eigenvalue weighted by Crippen LogP contribution is -2.49. The third-order valence-corrected chi connectivity index (χ3v) is 4.59. The molecule has 2 aromatic heterocycles. The molecule has 0 radical (unpaired) electrons. The van der Waals surface area contributed by atoms with Gasteiger partial charge in [0.05, 0.1) is 12.8 Å². The van der Waals surface area contributed by atoms with E-state index < -0.39 is 11.6 Å². The summed E-state index contributed by atoms with van der Waals surface area (Å²) in [6, 6.07) is 6.44. The van der Waals surface area contributed by atoms with Gasteiger partial charge >= 0.3 is 0 Å². The van der Waals surface area contributed by atoms with Crippen molar-refractivity contribution < 1.29 is 23.4 Å². The predicted molar refractivity (Wildman–Crippen MR) is 92.4 cm³/mol. The van der Waals surface area contributed by atoms with Crippen LogP contribution < -0.4 is 10.1 Å². The second kappa shape index (κ2) is 6.96. The van der Waals surface area contributed by atoms with Gasteiger partial charge in [-0.25, -0.2) is 13.8 Å². The molecular weight excluding hydrogens is 356 g/mol. The quantitative estimate of drug-likeness (QED) is 0.720. The second-order valence-corrected chi connectivity index (χ2v) is 6.52. The maximum absolute atomic E-state index is 13.2. The van der Waals surface area contributed by atoms with E-state index in [9.17, 15) is 18.7 Å². The van der Waals surface area contributed by atoms with Gasteiger partial charge in [-0.15, -0.1) is 0 Å². The first-order valence-electron chi connectivity index (χ1n) is 8.53. The summed E-state index contributed by atoms with van der Waals surface area (Å²) in [6.45, 7) is -0.162. The van der Waals surface area contributed by atoms with Crippen LogP contribution in [-0.2, 0) is 6.61 Å². The molecule has 4 rings (SSSR count). The summed E-state index contributed by atoms with van der Waals surface area (Å²) in [5.41, 5.74) is 1.54. The van der Waals surface area contributed by atoms with Gasteiger partial charge in [-0.05, 0) is 6.07 Å². The highest BCUT2D eigenvalue weighted by Gasteiger charge is 2.33. The Labute approximate surface area is 153 Å². The predicted octanol–water partition coefficient (Wildman–Crippen LogP) is 2.44. The molecule has 6 nitrogen and oxygen atoms in total. The van der Waals surface area contributed by atoms with Crippen molar-refractivity contribution in [2.45, 2.75) is 31.6 Å². The maximum atomic E-state index is 13.2. The Kier molecular flexibility index (Phi) is 4.49. The van der Waals surface area contributed by atoms with E-state index >= 15 is 0 Å². The Balaban J connectivity index is 1.37. The van der Waals surface area contributed by atoms with E-state index in [2.05, 4.69) is 10.3 Å². The molecule has 1 amide bonds. The number of fused-ring (bicyclic) bond motifs is 1. The molecule has 1 saturated carbocycles. The zero-order chi connectivity index (χ0) is 19.0. The van der Waals surface area contributed by atoms with Crippen molar-refractivity contribution in [3.8, 4) is 5.75 Å². The van der Waals surface area contributed by atoms with Crippen LogP contribution in [0, 0.1) is 11.6 Å². The number of hydrogen-bond acceptors (Lipinski definition) is 4. The Morgan fingerprint density at radius 2 is 2.04 bits per heavy atom. The summed E-state index contributed by atoms with van der Waals surface area (Å²) < 4.78 is 33.5. The highest BCUT2D eigenvalue weighted by molar-refractivity contribution is 5.93. The van der Waals surface area contributed by atoms with Gasteiger partial charge in [-0.2, -0.15) is 0 Å². The van der Waals surface area contributed by atoms with Gasteiger partial charge in [-0.3, -0.25) is 9.20 Å². The summed E-state index contributed by atoms with van der Waals surface area (Å²) in [6.07, 6.45) is 4.05. The van der Waals surface area contributed by atoms with Crippen LogP contribution in [0.1, 0.15) is 28.9 Å². The molecule has 140 valence electrons. The molecule has 0 spiro atoms. The number of amides is 1. The van der Waals surface area contributed by atoms with E-state index in [0.717, 1.165) is 18.2 Å². The molecule has 8 heteroatoms. The molecule has 0 unspecified atom stereocenters. The van der Waals surface area contributed by atoms with Crippen molar-refractivity contribution in [2.75, 3.05) is 0 Å². The molecule has 2 heterocycles. The SMILES string of the molecule is O=C(NC1CC(Oc2cc(F)cc(F)c2)C1)c1cnc2c(CO)cccn12. The number of aliphatic hydroxyl groups is 1. The maximum Gasteiger partial charge on any atom is 0.270 e. The zero-order valence-corrected chi connectivity index (χ0v) is 14.2. The third kappa shape index (κ3) is 3.48. The Morgan fingerprint density at radius 1 is 1.30 bits per heavy atom. The van der Waals surface area contributed by atoms with Crippen LogP contribution in [0.2, 0.25) is 0 Å². The number of carbonyl (C=O) groups excluding carboxylic acids is 1. The number of hydrogen-bond donors (Lipinski definition) is 2. The van der Waals surface area contributed by atoms with Gasteiger partial charge in [0.25, 0.3) is 5.91 Å². The minimum absolute atomic E-state index is 0.0903. The van der Waals surface area contributed by atoms with E-state index in [4.69, 9.17) is 4.74 Å². The smallest absolute Gasteiger partial charge is 0.270 e. The number of imidazole rings is 1. The highest BCUT2D eigenvalue weighted by atomic mass is 19.1. The average Bonchev–Trinajstić information content (AvgIpc) is 3.03. The van der Waals surface area contributed by atoms with Gasteiger partial charge in [0.15, 0.2) is 0 Å². The topological polar surface area (TPSA) is 75.9 Å². The van der Waals surface area contributed by atoms with E-state index in [0.29, 0.717) is 29.7 Å². The highest BCUT2D eigenvalue weighted by Crippen LogP contribution is 2.27. The molecule has 1 aromatic carbocycles. The van der Waals surface area contributed by atoms with E-state index in [1.165, 1.54) is 6.20 Å². The Morgan fingerprint density at radius 3 is 2.74 bits per heavy atom. The fraction of sp³-hybridized carbons (Fsp3) is 0.263. The first-order valence-corrected chi connectivity index (χ1v) is 8.53. The number of benzene rings is 1. The number of pyridine rings is 1. The number of ether oxygens (including phenoxy) is 1. The number of carbonyl (C=O) groups is 1. The van der Waals surface area contributed by atoms with Gasteiger partial charge < -0.3 is 15.2 Å². The molecule has 3 aromatic rings. The molecule has 27 heavy (non-hydrogen) atoms. The van der Waals surface area contributed by atoms with Crippen LogP contribution in [0.4, 0.5) is 8.78 Å². The molecule has 0 bridgehead atoms. The molecule has 0 aliphatic heterocycles. The number of nitrogens with zero attached hydrogens (tertiary/aromatic N) is 2. The van der Waals surface area contributed by atoms with Crippen molar-refractivity contribution in [3.05, 3.63) is 65.6 Å². The van der Waals surface area contributed by atoms with Crippen LogP contribution in [0.25, 0.3) is 5.65 Å². The van der Waals surface area contributed by atoms with Crippen molar-refractivity contribution in [1.82, 2.24) is 14.7 Å². The zero-order valence-electron chi connectivity index (χ0n) is 14.2. The van der Waals surface area contributed by atoms with Crippen LogP contribution in [0.3, 0.4) is 0 Å². The first-order chi connectivity index (χ1) is 13.0. The summed E-state index contributed by atoms with van der Waals surface area (Å²) in [4.78, 5) is 16.7. The first kappa shape index (κ1) is 17.4. The third-order valence-electron chi connectivity index (χ3n) is 4.59. The van der Waals surface area contributed by atoms with Gasteiger partial charge in [0.1, 0.15) is 34.8 Å². The van der Waals surface area contributed by atoms with Crippen molar-refractivity contribution >= 4 is 11.6 Å². The number of aliphatic hydroxyl groups excluding tert-OH is 1. The molecule has 2 N–H and O–H groups in total. The van der Waals surface area contributed by atoms with Gasteiger partial charge in [0.2, 0.25) is 0 Å². The van der Waals surface area contributed by atoms with E-state index in [1.54, 1.807) is 22.7 Å².